The van der Waals surface area contributed by atoms with Gasteiger partial charge in [0.2, 0.25) is 11.8 Å². The first-order valence-corrected chi connectivity index (χ1v) is 11.4. The fourth-order valence-corrected chi connectivity index (χ4v) is 6.12. The van der Waals surface area contributed by atoms with Crippen LogP contribution in [0, 0.1) is 39.7 Å². The van der Waals surface area contributed by atoms with Gasteiger partial charge >= 0.3 is 0 Å². The third-order valence-electron chi connectivity index (χ3n) is 7.67. The van der Waals surface area contributed by atoms with E-state index in [4.69, 9.17) is 4.74 Å². The Labute approximate surface area is 196 Å². The Bertz CT molecular complexity index is 1180. The summed E-state index contributed by atoms with van der Waals surface area (Å²) in [5.74, 6) is -5.07. The molecular formula is C25H26N2O7. The lowest BCUT2D eigenvalue weighted by atomic mass is 9.62. The number of non-ortho nitro benzene ring substituents is 1. The van der Waals surface area contributed by atoms with Gasteiger partial charge in [-0.1, -0.05) is 38.1 Å². The molecule has 2 amide bonds. The maximum atomic E-state index is 13.6. The number of nitro benzene ring substituents is 1. The van der Waals surface area contributed by atoms with Crippen LogP contribution in [0.15, 0.2) is 48.5 Å². The second kappa shape index (κ2) is 7.89. The monoisotopic (exact) mass is 466 g/mol. The number of para-hydroxylation sites is 1. The number of nitrogens with zero attached hydrogens (tertiary/aromatic N) is 2. The van der Waals surface area contributed by atoms with Crippen molar-refractivity contribution in [2.45, 2.75) is 38.6 Å². The van der Waals surface area contributed by atoms with Gasteiger partial charge in [-0.2, -0.15) is 0 Å². The first-order valence-electron chi connectivity index (χ1n) is 11.4. The van der Waals surface area contributed by atoms with Crippen LogP contribution in [0.3, 0.4) is 0 Å². The second-order valence-corrected chi connectivity index (χ2v) is 9.77. The Balaban J connectivity index is 1.55. The highest BCUT2D eigenvalue weighted by atomic mass is 16.6. The Kier molecular flexibility index (Phi) is 5.22. The minimum absolute atomic E-state index is 0.0358. The predicted molar refractivity (Wildman–Crippen MR) is 121 cm³/mol. The van der Waals surface area contributed by atoms with E-state index in [1.54, 1.807) is 24.3 Å². The smallest absolute Gasteiger partial charge is 0.271 e. The molecular weight excluding hydrogens is 440 g/mol. The van der Waals surface area contributed by atoms with Gasteiger partial charge in [0.15, 0.2) is 5.79 Å². The van der Waals surface area contributed by atoms with Gasteiger partial charge in [-0.25, -0.2) is 4.90 Å². The van der Waals surface area contributed by atoms with E-state index in [2.05, 4.69) is 0 Å². The van der Waals surface area contributed by atoms with Crippen molar-refractivity contribution in [1.82, 2.24) is 0 Å². The Hall–Kier alpha value is -3.30. The highest BCUT2D eigenvalue weighted by Gasteiger charge is 2.67. The third kappa shape index (κ3) is 3.22. The number of phenolic OH excluding ortho intramolecular Hbond substituents is 1. The molecule has 6 atom stereocenters. The van der Waals surface area contributed by atoms with Crippen LogP contribution in [0.2, 0.25) is 0 Å². The van der Waals surface area contributed by atoms with Crippen molar-refractivity contribution in [3.63, 3.8) is 0 Å². The number of rotatable bonds is 4. The highest BCUT2D eigenvalue weighted by molar-refractivity contribution is 6.22. The third-order valence-corrected chi connectivity index (χ3v) is 7.67. The van der Waals surface area contributed by atoms with Crippen molar-refractivity contribution in [2.75, 3.05) is 4.90 Å². The largest absolute Gasteiger partial charge is 0.508 e. The molecule has 3 fully saturated rings. The lowest BCUT2D eigenvalue weighted by Crippen LogP contribution is -2.55. The van der Waals surface area contributed by atoms with Crippen molar-refractivity contribution < 1.29 is 29.5 Å². The van der Waals surface area contributed by atoms with Gasteiger partial charge in [-0.15, -0.1) is 0 Å². The van der Waals surface area contributed by atoms with E-state index in [9.17, 15) is 29.9 Å². The highest BCUT2D eigenvalue weighted by Crippen LogP contribution is 2.60. The summed E-state index contributed by atoms with van der Waals surface area (Å²) in [7, 11) is 0. The number of aromatic hydroxyl groups is 1. The molecule has 1 saturated carbocycles. The first-order chi connectivity index (χ1) is 16.1. The molecule has 0 aromatic heterocycles. The van der Waals surface area contributed by atoms with Crippen molar-refractivity contribution in [3.8, 4) is 5.75 Å². The quantitative estimate of drug-likeness (QED) is 0.400. The molecule has 2 aromatic carbocycles. The number of carbonyl (C=O) groups excluding carboxylic acids is 2. The molecule has 0 spiro atoms. The predicted octanol–water partition coefficient (Wildman–Crippen LogP) is 3.55. The average molecular weight is 466 g/mol. The van der Waals surface area contributed by atoms with E-state index >= 15 is 0 Å². The molecule has 9 heteroatoms. The van der Waals surface area contributed by atoms with Gasteiger partial charge < -0.3 is 14.9 Å². The molecule has 2 heterocycles. The molecule has 0 bridgehead atoms. The molecule has 178 valence electrons. The van der Waals surface area contributed by atoms with E-state index in [1.807, 2.05) is 13.8 Å². The lowest BCUT2D eigenvalue weighted by molar-refractivity contribution is -0.384. The van der Waals surface area contributed by atoms with Crippen LogP contribution in [-0.2, 0) is 14.3 Å². The fourth-order valence-electron chi connectivity index (χ4n) is 6.12. The minimum atomic E-state index is -1.64. The average Bonchev–Trinajstić information content (AvgIpc) is 3.27. The summed E-state index contributed by atoms with van der Waals surface area (Å²) in [5.41, 5.74) is 0.462. The number of fused-ring (bicyclic) bond motifs is 3. The van der Waals surface area contributed by atoms with E-state index in [1.165, 1.54) is 24.3 Å². The number of hydrogen-bond acceptors (Lipinski definition) is 7. The molecule has 34 heavy (non-hydrogen) atoms. The van der Waals surface area contributed by atoms with Gasteiger partial charge in [0.25, 0.3) is 5.69 Å². The summed E-state index contributed by atoms with van der Waals surface area (Å²) in [6, 6.07) is 12.2. The first kappa shape index (κ1) is 22.5. The van der Waals surface area contributed by atoms with E-state index in [0.29, 0.717) is 5.56 Å². The van der Waals surface area contributed by atoms with Crippen molar-refractivity contribution in [2.24, 2.45) is 29.6 Å². The molecule has 0 radical (unpaired) electrons. The van der Waals surface area contributed by atoms with Crippen LogP contribution < -0.4 is 4.90 Å². The number of benzene rings is 2. The van der Waals surface area contributed by atoms with Crippen LogP contribution in [-0.4, -0.2) is 32.7 Å². The minimum Gasteiger partial charge on any atom is -0.508 e. The fraction of sp³-hybridized carbons (Fsp3) is 0.440. The SMILES string of the molecule is CC(C)[C@H]1C[C@@H]2C(=O)N(c3cccc([N+](=O)[O-])c3)C(=O)[C@@H]2[C@@H]2C[C@@H](c3ccccc3O)O[C@]12O. The van der Waals surface area contributed by atoms with Gasteiger partial charge in [-0.3, -0.25) is 19.7 Å². The molecule has 1 aliphatic carbocycles. The Morgan fingerprint density at radius 1 is 1.12 bits per heavy atom. The second-order valence-electron chi connectivity index (χ2n) is 9.77. The van der Waals surface area contributed by atoms with Gasteiger partial charge in [0, 0.05) is 29.5 Å². The van der Waals surface area contributed by atoms with E-state index < -0.39 is 52.3 Å². The molecule has 2 N–H and O–H groups in total. The number of carbonyl (C=O) groups is 2. The number of imide groups is 1. The standard InChI is InChI=1S/C25H26N2O7/c1-13(2)18-11-17-22(19-12-21(34-25(18,19)31)16-8-3-4-9-20(16)28)24(30)26(23(17)29)14-6-5-7-15(10-14)27(32)33/h3-10,13,17-19,21-22,28,31H,11-12H2,1-2H3/t17-,18+,19-,21-,22-,25+/m0/s1. The van der Waals surface area contributed by atoms with Crippen LogP contribution >= 0.6 is 0 Å². The number of nitro groups is 1. The maximum Gasteiger partial charge on any atom is 0.271 e. The van der Waals surface area contributed by atoms with Gasteiger partial charge in [0.05, 0.1) is 28.6 Å². The zero-order valence-corrected chi connectivity index (χ0v) is 18.8. The van der Waals surface area contributed by atoms with E-state index in [-0.39, 0.29) is 35.9 Å². The zero-order valence-electron chi connectivity index (χ0n) is 18.8. The van der Waals surface area contributed by atoms with Crippen LogP contribution in [0.25, 0.3) is 0 Å². The Morgan fingerprint density at radius 2 is 1.85 bits per heavy atom. The van der Waals surface area contributed by atoms with Crippen LogP contribution in [0.1, 0.15) is 38.4 Å². The zero-order chi connectivity index (χ0) is 24.4. The summed E-state index contributed by atoms with van der Waals surface area (Å²) >= 11 is 0. The molecule has 2 aromatic rings. The van der Waals surface area contributed by atoms with Crippen molar-refractivity contribution in [3.05, 3.63) is 64.2 Å². The molecule has 2 saturated heterocycles. The summed E-state index contributed by atoms with van der Waals surface area (Å²) < 4.78 is 6.20. The maximum absolute atomic E-state index is 13.6. The van der Waals surface area contributed by atoms with Crippen molar-refractivity contribution in [1.29, 1.82) is 0 Å². The molecule has 0 unspecified atom stereocenters. The number of anilines is 1. The lowest BCUT2D eigenvalue weighted by Gasteiger charge is -2.46. The summed E-state index contributed by atoms with van der Waals surface area (Å²) in [6.07, 6.45) is -0.106. The van der Waals surface area contributed by atoms with Gasteiger partial charge in [0.1, 0.15) is 5.75 Å². The summed E-state index contributed by atoms with van der Waals surface area (Å²) in [6.45, 7) is 3.88. The van der Waals surface area contributed by atoms with Gasteiger partial charge in [-0.05, 0) is 30.9 Å². The Morgan fingerprint density at radius 3 is 2.53 bits per heavy atom. The summed E-state index contributed by atoms with van der Waals surface area (Å²) in [5, 5.41) is 33.4. The molecule has 5 rings (SSSR count). The number of hydrogen-bond donors (Lipinski definition) is 2. The molecule has 2 aliphatic heterocycles. The number of ether oxygens (including phenoxy) is 1. The van der Waals surface area contributed by atoms with Crippen LogP contribution in [0.5, 0.6) is 5.75 Å². The normalized spacial score (nSPS) is 32.7. The number of aliphatic hydroxyl groups is 1. The topological polar surface area (TPSA) is 130 Å². The van der Waals surface area contributed by atoms with Crippen LogP contribution in [0.4, 0.5) is 11.4 Å². The molecule has 9 nitrogen and oxygen atoms in total. The summed E-state index contributed by atoms with van der Waals surface area (Å²) in [4.78, 5) is 38.8. The van der Waals surface area contributed by atoms with Crippen molar-refractivity contribution >= 4 is 23.2 Å². The number of phenols is 1. The molecule has 3 aliphatic rings. The number of amides is 2. The van der Waals surface area contributed by atoms with E-state index in [0.717, 1.165) is 4.90 Å².